The summed E-state index contributed by atoms with van der Waals surface area (Å²) in [5, 5.41) is 12.8. The quantitative estimate of drug-likeness (QED) is 0.685. The second-order valence-electron chi connectivity index (χ2n) is 4.93. The maximum absolute atomic E-state index is 11.7. The zero-order valence-electron chi connectivity index (χ0n) is 12.1. The van der Waals surface area contributed by atoms with Gasteiger partial charge in [0.2, 0.25) is 5.91 Å². The first-order valence-corrected chi connectivity index (χ1v) is 7.68. The zero-order valence-corrected chi connectivity index (χ0v) is 12.9. The van der Waals surface area contributed by atoms with Crippen molar-refractivity contribution in [2.24, 2.45) is 0 Å². The van der Waals surface area contributed by atoms with Gasteiger partial charge in [-0.15, -0.1) is 11.8 Å². The van der Waals surface area contributed by atoms with Crippen LogP contribution in [0.3, 0.4) is 0 Å². The minimum atomic E-state index is -0.918. The van der Waals surface area contributed by atoms with E-state index in [1.165, 1.54) is 0 Å². The number of rotatable bonds is 9. The van der Waals surface area contributed by atoms with Crippen molar-refractivity contribution in [1.82, 2.24) is 5.32 Å². The molecule has 0 fully saturated rings. The van der Waals surface area contributed by atoms with E-state index in [2.05, 4.69) is 5.32 Å². The molecule has 1 aromatic rings. The Labute approximate surface area is 124 Å². The molecule has 0 aliphatic rings. The minimum absolute atomic E-state index is 0.0360. The number of nitrogens with one attached hydrogen (secondary N) is 1. The second kappa shape index (κ2) is 9.00. The monoisotopic (exact) mass is 297 g/mol. The first kappa shape index (κ1) is 17.0. The predicted molar refractivity (Wildman–Crippen MR) is 81.9 cm³/mol. The van der Waals surface area contributed by atoms with E-state index in [4.69, 9.17) is 4.74 Å². The molecule has 0 aliphatic heterocycles. The molecule has 1 unspecified atom stereocenters. The Morgan fingerprint density at radius 2 is 2.10 bits per heavy atom. The number of aliphatic hydroxyl groups is 1. The van der Waals surface area contributed by atoms with Gasteiger partial charge in [0.25, 0.3) is 0 Å². The number of amides is 1. The molecule has 2 N–H and O–H groups in total. The largest absolute Gasteiger partial charge is 0.388 e. The molecule has 0 aliphatic carbocycles. The SMILES string of the molecule is COCCC(C)(O)CNC(=O)CCSc1ccccc1. The van der Waals surface area contributed by atoms with Gasteiger partial charge in [-0.3, -0.25) is 4.79 Å². The van der Waals surface area contributed by atoms with Crippen LogP contribution < -0.4 is 5.32 Å². The first-order valence-electron chi connectivity index (χ1n) is 6.69. The van der Waals surface area contributed by atoms with Crippen molar-refractivity contribution < 1.29 is 14.6 Å². The Morgan fingerprint density at radius 1 is 1.40 bits per heavy atom. The van der Waals surface area contributed by atoms with Gasteiger partial charge in [-0.1, -0.05) is 18.2 Å². The van der Waals surface area contributed by atoms with Crippen molar-refractivity contribution in [2.75, 3.05) is 26.0 Å². The molecule has 5 heteroatoms. The molecule has 1 atom stereocenters. The van der Waals surface area contributed by atoms with E-state index >= 15 is 0 Å². The summed E-state index contributed by atoms with van der Waals surface area (Å²) in [4.78, 5) is 12.8. The number of benzene rings is 1. The molecule has 20 heavy (non-hydrogen) atoms. The number of methoxy groups -OCH3 is 1. The maximum atomic E-state index is 11.7. The lowest BCUT2D eigenvalue weighted by molar-refractivity contribution is -0.122. The van der Waals surface area contributed by atoms with Crippen LogP contribution in [-0.4, -0.2) is 42.6 Å². The fraction of sp³-hybridized carbons (Fsp3) is 0.533. The van der Waals surface area contributed by atoms with Gasteiger partial charge in [0.1, 0.15) is 0 Å². The van der Waals surface area contributed by atoms with Gasteiger partial charge in [0.05, 0.1) is 5.60 Å². The Balaban J connectivity index is 2.17. The molecular weight excluding hydrogens is 274 g/mol. The number of carbonyl (C=O) groups is 1. The lowest BCUT2D eigenvalue weighted by Gasteiger charge is -2.23. The number of hydrogen-bond donors (Lipinski definition) is 2. The standard InChI is InChI=1S/C15H23NO3S/c1-15(18,9-10-19-2)12-16-14(17)8-11-20-13-6-4-3-5-7-13/h3-7,18H,8-12H2,1-2H3,(H,16,17). The third-order valence-corrected chi connectivity index (χ3v) is 3.87. The first-order chi connectivity index (χ1) is 9.53. The molecule has 0 bridgehead atoms. The number of thioether (sulfide) groups is 1. The van der Waals surface area contributed by atoms with Gasteiger partial charge < -0.3 is 15.2 Å². The molecule has 0 saturated heterocycles. The van der Waals surface area contributed by atoms with Gasteiger partial charge in [-0.05, 0) is 19.1 Å². The van der Waals surface area contributed by atoms with Crippen molar-refractivity contribution in [2.45, 2.75) is 30.3 Å². The fourth-order valence-corrected chi connectivity index (χ4v) is 2.44. The third-order valence-electron chi connectivity index (χ3n) is 2.85. The maximum Gasteiger partial charge on any atom is 0.220 e. The van der Waals surface area contributed by atoms with E-state index < -0.39 is 5.60 Å². The van der Waals surface area contributed by atoms with E-state index in [9.17, 15) is 9.90 Å². The molecule has 0 spiro atoms. The number of hydrogen-bond acceptors (Lipinski definition) is 4. The molecule has 0 heterocycles. The van der Waals surface area contributed by atoms with E-state index in [-0.39, 0.29) is 12.5 Å². The van der Waals surface area contributed by atoms with Gasteiger partial charge >= 0.3 is 0 Å². The van der Waals surface area contributed by atoms with Crippen molar-refractivity contribution in [3.63, 3.8) is 0 Å². The second-order valence-corrected chi connectivity index (χ2v) is 6.10. The Hall–Kier alpha value is -1.04. The summed E-state index contributed by atoms with van der Waals surface area (Å²) in [5.74, 6) is 0.696. The normalized spacial score (nSPS) is 13.8. The molecule has 0 radical (unpaired) electrons. The van der Waals surface area contributed by atoms with Crippen LogP contribution in [0.2, 0.25) is 0 Å². The lowest BCUT2D eigenvalue weighted by atomic mass is 10.0. The van der Waals surface area contributed by atoms with Crippen molar-refractivity contribution >= 4 is 17.7 Å². The lowest BCUT2D eigenvalue weighted by Crippen LogP contribution is -2.41. The minimum Gasteiger partial charge on any atom is -0.388 e. The summed E-state index contributed by atoms with van der Waals surface area (Å²) < 4.78 is 4.92. The van der Waals surface area contributed by atoms with Crippen LogP contribution in [0, 0.1) is 0 Å². The molecule has 0 aromatic heterocycles. The van der Waals surface area contributed by atoms with E-state index in [1.807, 2.05) is 30.3 Å². The topological polar surface area (TPSA) is 58.6 Å². The van der Waals surface area contributed by atoms with E-state index in [1.54, 1.807) is 25.8 Å². The molecule has 1 aromatic carbocycles. The fourth-order valence-electron chi connectivity index (χ4n) is 1.57. The molecule has 1 rings (SSSR count). The van der Waals surface area contributed by atoms with Gasteiger partial charge in [0.15, 0.2) is 0 Å². The van der Waals surface area contributed by atoms with Crippen molar-refractivity contribution in [3.05, 3.63) is 30.3 Å². The molecule has 112 valence electrons. The third kappa shape index (κ3) is 7.53. The molecule has 0 saturated carbocycles. The highest BCUT2D eigenvalue weighted by Crippen LogP contribution is 2.17. The van der Waals surface area contributed by atoms with Gasteiger partial charge in [0, 0.05) is 43.8 Å². The van der Waals surface area contributed by atoms with E-state index in [0.717, 1.165) is 10.6 Å². The average molecular weight is 297 g/mol. The highest BCUT2D eigenvalue weighted by molar-refractivity contribution is 7.99. The van der Waals surface area contributed by atoms with Crippen LogP contribution in [-0.2, 0) is 9.53 Å². The summed E-state index contributed by atoms with van der Waals surface area (Å²) in [6.45, 7) is 2.43. The van der Waals surface area contributed by atoms with Crippen LogP contribution in [0.25, 0.3) is 0 Å². The number of carbonyl (C=O) groups excluding carboxylic acids is 1. The van der Waals surface area contributed by atoms with Gasteiger partial charge in [-0.25, -0.2) is 0 Å². The van der Waals surface area contributed by atoms with Crippen LogP contribution in [0.15, 0.2) is 35.2 Å². The summed E-state index contributed by atoms with van der Waals surface area (Å²) in [6.07, 6.45) is 0.947. The van der Waals surface area contributed by atoms with E-state index in [0.29, 0.717) is 19.4 Å². The number of ether oxygens (including phenoxy) is 1. The Bertz CT molecular complexity index is 395. The van der Waals surface area contributed by atoms with Gasteiger partial charge in [-0.2, -0.15) is 0 Å². The molecule has 1 amide bonds. The smallest absolute Gasteiger partial charge is 0.220 e. The summed E-state index contributed by atoms with van der Waals surface area (Å²) in [6, 6.07) is 9.99. The summed E-state index contributed by atoms with van der Waals surface area (Å²) in [5.41, 5.74) is -0.918. The Morgan fingerprint density at radius 3 is 2.75 bits per heavy atom. The molecular formula is C15H23NO3S. The van der Waals surface area contributed by atoms with Crippen molar-refractivity contribution in [3.8, 4) is 0 Å². The summed E-state index contributed by atoms with van der Waals surface area (Å²) >= 11 is 1.65. The zero-order chi connectivity index (χ0) is 14.8. The highest BCUT2D eigenvalue weighted by Gasteiger charge is 2.20. The summed E-state index contributed by atoms with van der Waals surface area (Å²) in [7, 11) is 1.59. The molecule has 4 nitrogen and oxygen atoms in total. The van der Waals surface area contributed by atoms with Crippen LogP contribution in [0.5, 0.6) is 0 Å². The average Bonchev–Trinajstić information content (AvgIpc) is 2.44. The predicted octanol–water partition coefficient (Wildman–Crippen LogP) is 2.07. The van der Waals surface area contributed by atoms with Crippen LogP contribution in [0.4, 0.5) is 0 Å². The van der Waals surface area contributed by atoms with Crippen LogP contribution in [0.1, 0.15) is 19.8 Å². The van der Waals surface area contributed by atoms with Crippen LogP contribution >= 0.6 is 11.8 Å². The van der Waals surface area contributed by atoms with Crippen molar-refractivity contribution in [1.29, 1.82) is 0 Å². The highest BCUT2D eigenvalue weighted by atomic mass is 32.2. The Kier molecular flexibility index (Phi) is 7.65.